The molecule has 0 radical (unpaired) electrons. The van der Waals surface area contributed by atoms with E-state index in [0.29, 0.717) is 19.7 Å². The van der Waals surface area contributed by atoms with Crippen LogP contribution in [0.5, 0.6) is 5.75 Å². The summed E-state index contributed by atoms with van der Waals surface area (Å²) in [6, 6.07) is 6.12. The first-order valence-corrected chi connectivity index (χ1v) is 7.32. The van der Waals surface area contributed by atoms with Gasteiger partial charge < -0.3 is 30.6 Å². The van der Waals surface area contributed by atoms with E-state index < -0.39 is 6.09 Å². The van der Waals surface area contributed by atoms with Crippen molar-refractivity contribution in [3.63, 3.8) is 0 Å². The fourth-order valence-corrected chi connectivity index (χ4v) is 3.02. The predicted octanol–water partition coefficient (Wildman–Crippen LogP) is 0.248. The second-order valence-electron chi connectivity index (χ2n) is 5.72. The van der Waals surface area contributed by atoms with Crippen LogP contribution < -0.4 is 21.1 Å². The average Bonchev–Trinajstić information content (AvgIpc) is 2.89. The smallest absolute Gasteiger partial charge is 0.404 e. The van der Waals surface area contributed by atoms with Gasteiger partial charge in [-0.1, -0.05) is 6.07 Å². The number of primary amides is 1. The number of fused-ring (bicyclic) bond motifs is 1. The Labute approximate surface area is 129 Å². The summed E-state index contributed by atoms with van der Waals surface area (Å²) in [5, 5.41) is 0. The molecule has 1 aromatic rings. The van der Waals surface area contributed by atoms with E-state index in [1.54, 1.807) is 7.11 Å². The molecule has 3 rings (SSSR count). The topological polar surface area (TPSA) is 100 Å². The van der Waals surface area contributed by atoms with E-state index in [1.165, 1.54) is 0 Å². The lowest BCUT2D eigenvalue weighted by Gasteiger charge is -2.25. The van der Waals surface area contributed by atoms with Crippen molar-refractivity contribution in [1.29, 1.82) is 0 Å². The number of hydrogen-bond donors (Lipinski definition) is 2. The van der Waals surface area contributed by atoms with Gasteiger partial charge in [-0.3, -0.25) is 0 Å². The molecule has 1 saturated heterocycles. The number of rotatable bonds is 3. The predicted molar refractivity (Wildman–Crippen MR) is 81.1 cm³/mol. The second-order valence-corrected chi connectivity index (χ2v) is 5.72. The molecule has 0 aliphatic carbocycles. The number of nitrogens with two attached hydrogens (primary N) is 2. The molecule has 1 fully saturated rings. The van der Waals surface area contributed by atoms with E-state index in [2.05, 4.69) is 4.90 Å². The first-order chi connectivity index (χ1) is 10.6. The van der Waals surface area contributed by atoms with E-state index in [1.807, 2.05) is 18.2 Å². The minimum Gasteiger partial charge on any atom is -0.492 e. The van der Waals surface area contributed by atoms with Crippen molar-refractivity contribution in [1.82, 2.24) is 0 Å². The first kappa shape index (κ1) is 14.9. The van der Waals surface area contributed by atoms with Crippen molar-refractivity contribution < 1.29 is 19.0 Å². The molecule has 1 amide bonds. The Bertz CT molecular complexity index is 566. The number of amides is 1. The lowest BCUT2D eigenvalue weighted by Crippen LogP contribution is -2.34. The molecule has 120 valence electrons. The van der Waals surface area contributed by atoms with E-state index in [-0.39, 0.29) is 18.2 Å². The van der Waals surface area contributed by atoms with Gasteiger partial charge in [-0.2, -0.15) is 0 Å². The molecule has 0 spiro atoms. The molecule has 7 heteroatoms. The zero-order chi connectivity index (χ0) is 15.7. The molecule has 3 atom stereocenters. The van der Waals surface area contributed by atoms with Gasteiger partial charge in [0.2, 0.25) is 0 Å². The van der Waals surface area contributed by atoms with Gasteiger partial charge in [-0.15, -0.1) is 0 Å². The summed E-state index contributed by atoms with van der Waals surface area (Å²) in [6.45, 7) is 1.71. The highest BCUT2D eigenvalue weighted by atomic mass is 16.6. The summed E-state index contributed by atoms with van der Waals surface area (Å²) < 4.78 is 16.2. The van der Waals surface area contributed by atoms with Crippen LogP contribution in [0.15, 0.2) is 18.2 Å². The fourth-order valence-electron chi connectivity index (χ4n) is 3.02. The molecule has 0 saturated carbocycles. The Morgan fingerprint density at radius 3 is 2.86 bits per heavy atom. The van der Waals surface area contributed by atoms with Gasteiger partial charge in [-0.05, 0) is 18.1 Å². The zero-order valence-corrected chi connectivity index (χ0v) is 12.5. The molecule has 0 bridgehead atoms. The first-order valence-electron chi connectivity index (χ1n) is 7.32. The average molecular weight is 307 g/mol. The number of methoxy groups -OCH3 is 1. The molecular weight excluding hydrogens is 286 g/mol. The standard InChI is InChI=1S/C15H21N3O4/c1-20-13-6-18(7-14(13)22-15(17)19)11-3-2-9-4-10(16)8-21-12(9)5-11/h2-3,5,10,13-14H,4,6-8,16H2,1H3,(H2,17,19)/t10-,13?,14?/m1/s1. The fraction of sp³-hybridized carbons (Fsp3) is 0.533. The number of anilines is 1. The third-order valence-electron chi connectivity index (χ3n) is 4.14. The largest absolute Gasteiger partial charge is 0.492 e. The molecule has 7 nitrogen and oxygen atoms in total. The molecule has 2 aliphatic rings. The van der Waals surface area contributed by atoms with Crippen molar-refractivity contribution in [3.05, 3.63) is 23.8 Å². The maximum Gasteiger partial charge on any atom is 0.404 e. The van der Waals surface area contributed by atoms with Crippen LogP contribution in [-0.4, -0.2) is 51.1 Å². The third-order valence-corrected chi connectivity index (χ3v) is 4.14. The summed E-state index contributed by atoms with van der Waals surface area (Å²) in [5.74, 6) is 0.868. The highest BCUT2D eigenvalue weighted by molar-refractivity contribution is 5.65. The molecular formula is C15H21N3O4. The number of carbonyl (C=O) groups is 1. The SMILES string of the molecule is COC1CN(c2ccc3c(c2)OC[C@H](N)C3)CC1OC(N)=O. The van der Waals surface area contributed by atoms with Gasteiger partial charge in [-0.25, -0.2) is 4.79 Å². The number of benzene rings is 1. The Morgan fingerprint density at radius 2 is 2.14 bits per heavy atom. The summed E-state index contributed by atoms with van der Waals surface area (Å²) in [4.78, 5) is 13.1. The van der Waals surface area contributed by atoms with Crippen LogP contribution in [0, 0.1) is 0 Å². The van der Waals surface area contributed by atoms with Gasteiger partial charge >= 0.3 is 6.09 Å². The van der Waals surface area contributed by atoms with Crippen LogP contribution in [0.1, 0.15) is 5.56 Å². The molecule has 0 aromatic heterocycles. The van der Waals surface area contributed by atoms with Gasteiger partial charge in [0.15, 0.2) is 0 Å². The van der Waals surface area contributed by atoms with E-state index >= 15 is 0 Å². The van der Waals surface area contributed by atoms with E-state index in [4.69, 9.17) is 25.7 Å². The summed E-state index contributed by atoms with van der Waals surface area (Å²) >= 11 is 0. The minimum absolute atomic E-state index is 0.0522. The summed E-state index contributed by atoms with van der Waals surface area (Å²) in [7, 11) is 1.60. The lowest BCUT2D eigenvalue weighted by atomic mass is 10.0. The van der Waals surface area contributed by atoms with Crippen LogP contribution >= 0.6 is 0 Å². The van der Waals surface area contributed by atoms with Crippen molar-refractivity contribution in [2.45, 2.75) is 24.7 Å². The van der Waals surface area contributed by atoms with Crippen LogP contribution in [-0.2, 0) is 15.9 Å². The van der Waals surface area contributed by atoms with Gasteiger partial charge in [0.25, 0.3) is 0 Å². The molecule has 2 unspecified atom stereocenters. The Balaban J connectivity index is 1.76. The molecule has 4 N–H and O–H groups in total. The van der Waals surface area contributed by atoms with Crippen molar-refractivity contribution >= 4 is 11.8 Å². The monoisotopic (exact) mass is 307 g/mol. The van der Waals surface area contributed by atoms with Gasteiger partial charge in [0, 0.05) is 31.5 Å². The van der Waals surface area contributed by atoms with Gasteiger partial charge in [0.1, 0.15) is 24.6 Å². The van der Waals surface area contributed by atoms with Crippen molar-refractivity contribution in [3.8, 4) is 5.75 Å². The zero-order valence-electron chi connectivity index (χ0n) is 12.5. The second kappa shape index (κ2) is 6.02. The van der Waals surface area contributed by atoms with Gasteiger partial charge in [0.05, 0.1) is 6.54 Å². The number of carbonyl (C=O) groups excluding carboxylic acids is 1. The van der Waals surface area contributed by atoms with Crippen LogP contribution in [0.2, 0.25) is 0 Å². The van der Waals surface area contributed by atoms with Crippen LogP contribution in [0.25, 0.3) is 0 Å². The molecule has 22 heavy (non-hydrogen) atoms. The summed E-state index contributed by atoms with van der Waals surface area (Å²) in [5.41, 5.74) is 13.1. The Hall–Kier alpha value is -1.99. The highest BCUT2D eigenvalue weighted by Crippen LogP contribution is 2.31. The number of hydrogen-bond acceptors (Lipinski definition) is 6. The number of nitrogens with zero attached hydrogens (tertiary/aromatic N) is 1. The maximum atomic E-state index is 11.0. The van der Waals surface area contributed by atoms with Crippen molar-refractivity contribution in [2.75, 3.05) is 31.7 Å². The molecule has 1 aromatic carbocycles. The quantitative estimate of drug-likeness (QED) is 0.830. The normalized spacial score (nSPS) is 27.2. The molecule has 2 aliphatic heterocycles. The Kier molecular flexibility index (Phi) is 4.08. The lowest BCUT2D eigenvalue weighted by molar-refractivity contribution is 0.0104. The van der Waals surface area contributed by atoms with E-state index in [0.717, 1.165) is 23.4 Å². The van der Waals surface area contributed by atoms with E-state index in [9.17, 15) is 4.79 Å². The van der Waals surface area contributed by atoms with Crippen LogP contribution in [0.4, 0.5) is 10.5 Å². The minimum atomic E-state index is -0.781. The highest BCUT2D eigenvalue weighted by Gasteiger charge is 2.36. The maximum absolute atomic E-state index is 11.0. The van der Waals surface area contributed by atoms with Crippen LogP contribution in [0.3, 0.4) is 0 Å². The number of ether oxygens (including phenoxy) is 3. The van der Waals surface area contributed by atoms with Crippen molar-refractivity contribution in [2.24, 2.45) is 11.5 Å². The molecule has 2 heterocycles. The third kappa shape index (κ3) is 2.95. The summed E-state index contributed by atoms with van der Waals surface area (Å²) in [6.07, 6.45) is -0.522. The Morgan fingerprint density at radius 1 is 1.36 bits per heavy atom.